The van der Waals surface area contributed by atoms with E-state index < -0.39 is 29.6 Å². The zero-order chi connectivity index (χ0) is 13.9. The number of rotatable bonds is 3. The molecular weight excluding hydrogens is 253 g/mol. The fourth-order valence-electron chi connectivity index (χ4n) is 1.14. The summed E-state index contributed by atoms with van der Waals surface area (Å²) in [5, 5.41) is 25.9. The summed E-state index contributed by atoms with van der Waals surface area (Å²) in [5.41, 5.74) is -1.33. The van der Waals surface area contributed by atoms with Crippen molar-refractivity contribution < 1.29 is 33.3 Å². The highest BCUT2D eigenvalue weighted by Crippen LogP contribution is 2.29. The largest absolute Gasteiger partial charge is 0.507 e. The van der Waals surface area contributed by atoms with Crippen LogP contribution in [-0.4, -0.2) is 27.4 Å². The van der Waals surface area contributed by atoms with Crippen LogP contribution in [0.5, 0.6) is 0 Å². The molecule has 1 rings (SSSR count). The Balaban J connectivity index is 3.05. The molecular formula is C11H9F3O4. The average molecular weight is 262 g/mol. The van der Waals surface area contributed by atoms with Crippen molar-refractivity contribution in [2.75, 3.05) is 0 Å². The maximum atomic E-state index is 12.4. The van der Waals surface area contributed by atoms with E-state index >= 15 is 0 Å². The van der Waals surface area contributed by atoms with Crippen LogP contribution in [0.2, 0.25) is 0 Å². The van der Waals surface area contributed by atoms with Gasteiger partial charge in [-0.2, -0.15) is 13.2 Å². The summed E-state index contributed by atoms with van der Waals surface area (Å²) in [6.07, 6.45) is -6.39. The van der Waals surface area contributed by atoms with E-state index in [1.165, 1.54) is 0 Å². The van der Waals surface area contributed by atoms with Gasteiger partial charge in [0.1, 0.15) is 0 Å². The third-order valence-corrected chi connectivity index (χ3v) is 2.02. The number of carbonyl (C=O) groups excluding carboxylic acids is 1. The molecule has 0 aromatic heterocycles. The summed E-state index contributed by atoms with van der Waals surface area (Å²) in [7, 11) is 0. The Morgan fingerprint density at radius 1 is 1.28 bits per heavy atom. The number of aliphatic hydroxyl groups is 3. The Morgan fingerprint density at radius 2 is 1.89 bits per heavy atom. The van der Waals surface area contributed by atoms with E-state index in [1.807, 2.05) is 0 Å². The van der Waals surface area contributed by atoms with Gasteiger partial charge in [-0.3, -0.25) is 4.79 Å². The molecule has 0 fully saturated rings. The van der Waals surface area contributed by atoms with Gasteiger partial charge in [-0.15, -0.1) is 0 Å². The van der Waals surface area contributed by atoms with E-state index in [0.29, 0.717) is 12.1 Å². The molecule has 0 heterocycles. The Morgan fingerprint density at radius 3 is 2.39 bits per heavy atom. The lowest BCUT2D eigenvalue weighted by Gasteiger charge is -2.07. The zero-order valence-corrected chi connectivity index (χ0v) is 8.85. The van der Waals surface area contributed by atoms with Crippen molar-refractivity contribution in [2.24, 2.45) is 0 Å². The van der Waals surface area contributed by atoms with Crippen LogP contribution in [0, 0.1) is 0 Å². The molecule has 0 radical (unpaired) electrons. The fraction of sp³-hybridized carbons (Fsp3) is 0.182. The van der Waals surface area contributed by atoms with Crippen LogP contribution in [-0.2, 0) is 6.18 Å². The molecule has 0 unspecified atom stereocenters. The van der Waals surface area contributed by atoms with Gasteiger partial charge in [0.15, 0.2) is 11.5 Å². The van der Waals surface area contributed by atoms with Crippen LogP contribution in [0.1, 0.15) is 15.9 Å². The second kappa shape index (κ2) is 5.19. The molecule has 98 valence electrons. The topological polar surface area (TPSA) is 77.8 Å². The standard InChI is InChI=1S/C11H9F3O4/c12-11(13,14)7-3-1-2-6(4-7)8(15)5-9(16)10(17)18/h1-5,10,16-18H/b9-5-. The number of carbonyl (C=O) groups is 1. The number of alkyl halides is 3. The van der Waals surface area contributed by atoms with E-state index in [2.05, 4.69) is 0 Å². The Kier molecular flexibility index (Phi) is 4.10. The molecule has 1 aromatic carbocycles. The molecule has 7 heteroatoms. The Labute approximate surface area is 99.6 Å². The third-order valence-electron chi connectivity index (χ3n) is 2.02. The van der Waals surface area contributed by atoms with Gasteiger partial charge in [-0.25, -0.2) is 0 Å². The van der Waals surface area contributed by atoms with Crippen LogP contribution in [0.15, 0.2) is 36.1 Å². The smallest absolute Gasteiger partial charge is 0.416 e. The molecule has 0 aliphatic rings. The Bertz CT molecular complexity index is 477. The second-order valence-corrected chi connectivity index (χ2v) is 3.39. The van der Waals surface area contributed by atoms with Gasteiger partial charge < -0.3 is 15.3 Å². The predicted molar refractivity (Wildman–Crippen MR) is 54.7 cm³/mol. The van der Waals surface area contributed by atoms with E-state index in [4.69, 9.17) is 15.3 Å². The highest BCUT2D eigenvalue weighted by molar-refractivity contribution is 6.04. The van der Waals surface area contributed by atoms with Gasteiger partial charge in [0.25, 0.3) is 0 Å². The summed E-state index contributed by atoms with van der Waals surface area (Å²) >= 11 is 0. The first kappa shape index (κ1) is 14.2. The van der Waals surface area contributed by atoms with Crippen molar-refractivity contribution in [3.05, 3.63) is 47.2 Å². The monoisotopic (exact) mass is 262 g/mol. The van der Waals surface area contributed by atoms with E-state index in [0.717, 1.165) is 18.2 Å². The molecule has 1 aromatic rings. The number of benzene rings is 1. The summed E-state index contributed by atoms with van der Waals surface area (Å²) in [6.45, 7) is 0. The van der Waals surface area contributed by atoms with Gasteiger partial charge in [-0.1, -0.05) is 12.1 Å². The number of hydrogen-bond acceptors (Lipinski definition) is 4. The van der Waals surface area contributed by atoms with Crippen LogP contribution in [0.25, 0.3) is 0 Å². The van der Waals surface area contributed by atoms with E-state index in [-0.39, 0.29) is 5.56 Å². The maximum Gasteiger partial charge on any atom is 0.416 e. The molecule has 0 aliphatic heterocycles. The highest BCUT2D eigenvalue weighted by atomic mass is 19.4. The Hall–Kier alpha value is -1.86. The van der Waals surface area contributed by atoms with Crippen LogP contribution < -0.4 is 0 Å². The number of halogens is 3. The van der Waals surface area contributed by atoms with Gasteiger partial charge in [0, 0.05) is 11.6 Å². The van der Waals surface area contributed by atoms with Gasteiger partial charge in [0.05, 0.1) is 5.56 Å². The maximum absolute atomic E-state index is 12.4. The average Bonchev–Trinajstić information content (AvgIpc) is 2.27. The quantitative estimate of drug-likeness (QED) is 0.335. The van der Waals surface area contributed by atoms with Crippen molar-refractivity contribution in [3.63, 3.8) is 0 Å². The molecule has 0 atom stereocenters. The van der Waals surface area contributed by atoms with Crippen LogP contribution in [0.3, 0.4) is 0 Å². The number of allylic oxidation sites excluding steroid dienone is 1. The van der Waals surface area contributed by atoms with Crippen LogP contribution >= 0.6 is 0 Å². The predicted octanol–water partition coefficient (Wildman–Crippen LogP) is 1.64. The molecule has 0 aliphatic carbocycles. The molecule has 0 spiro atoms. The summed E-state index contributed by atoms with van der Waals surface area (Å²) < 4.78 is 37.1. The third kappa shape index (κ3) is 3.57. The molecule has 3 N–H and O–H groups in total. The number of hydrogen-bond donors (Lipinski definition) is 3. The second-order valence-electron chi connectivity index (χ2n) is 3.39. The minimum Gasteiger partial charge on any atom is -0.507 e. The van der Waals surface area contributed by atoms with Crippen LogP contribution in [0.4, 0.5) is 13.2 Å². The van der Waals surface area contributed by atoms with Gasteiger partial charge in [-0.05, 0) is 12.1 Å². The lowest BCUT2D eigenvalue weighted by Crippen LogP contribution is -2.11. The molecule has 0 saturated heterocycles. The highest BCUT2D eigenvalue weighted by Gasteiger charge is 2.30. The minimum absolute atomic E-state index is 0.322. The van der Waals surface area contributed by atoms with E-state index in [9.17, 15) is 18.0 Å². The van der Waals surface area contributed by atoms with Crippen molar-refractivity contribution in [3.8, 4) is 0 Å². The molecule has 0 amide bonds. The van der Waals surface area contributed by atoms with Crippen molar-refractivity contribution in [1.29, 1.82) is 0 Å². The lowest BCUT2D eigenvalue weighted by atomic mass is 10.1. The van der Waals surface area contributed by atoms with Crippen molar-refractivity contribution >= 4 is 5.78 Å². The fourth-order valence-corrected chi connectivity index (χ4v) is 1.14. The summed E-state index contributed by atoms with van der Waals surface area (Å²) in [5.74, 6) is -2.01. The summed E-state index contributed by atoms with van der Waals surface area (Å²) in [4.78, 5) is 11.4. The molecule has 0 bridgehead atoms. The minimum atomic E-state index is -4.58. The zero-order valence-electron chi connectivity index (χ0n) is 8.85. The van der Waals surface area contributed by atoms with Gasteiger partial charge in [0.2, 0.25) is 6.29 Å². The first-order valence-electron chi connectivity index (χ1n) is 4.70. The van der Waals surface area contributed by atoms with Gasteiger partial charge >= 0.3 is 6.18 Å². The normalized spacial score (nSPS) is 12.9. The summed E-state index contributed by atoms with van der Waals surface area (Å²) in [6, 6.07) is 3.55. The number of ketones is 1. The first-order chi connectivity index (χ1) is 8.21. The van der Waals surface area contributed by atoms with Crippen molar-refractivity contribution in [2.45, 2.75) is 12.5 Å². The molecule has 18 heavy (non-hydrogen) atoms. The molecule has 4 nitrogen and oxygen atoms in total. The number of aliphatic hydroxyl groups excluding tert-OH is 2. The SMILES string of the molecule is O=C(/C=C(\O)C(O)O)c1cccc(C(F)(F)F)c1. The first-order valence-corrected chi connectivity index (χ1v) is 4.70. The molecule has 0 saturated carbocycles. The van der Waals surface area contributed by atoms with E-state index in [1.54, 1.807) is 0 Å². The lowest BCUT2D eigenvalue weighted by molar-refractivity contribution is -0.137. The van der Waals surface area contributed by atoms with Crippen molar-refractivity contribution in [1.82, 2.24) is 0 Å².